The predicted octanol–water partition coefficient (Wildman–Crippen LogP) is 3.25. The van der Waals surface area contributed by atoms with Crippen molar-refractivity contribution < 1.29 is 9.53 Å². The second kappa shape index (κ2) is 6.34. The second-order valence-corrected chi connectivity index (χ2v) is 5.00. The summed E-state index contributed by atoms with van der Waals surface area (Å²) >= 11 is 1.58. The van der Waals surface area contributed by atoms with Gasteiger partial charge in [-0.3, -0.25) is 4.79 Å². The highest BCUT2D eigenvalue weighted by Crippen LogP contribution is 2.26. The van der Waals surface area contributed by atoms with E-state index in [1.165, 1.54) is 0 Å². The fourth-order valence-electron chi connectivity index (χ4n) is 1.81. The standard InChI is InChI=1S/C15H16N2O2S/c1-19-12-8-10(7-11(16)9-12)15(18)17-13-5-3-4-6-14(13)20-2/h3-9H,16H2,1-2H3,(H,17,18). The molecule has 0 spiro atoms. The Labute approximate surface area is 122 Å². The van der Waals surface area contributed by atoms with Crippen molar-refractivity contribution >= 4 is 29.0 Å². The number of nitrogens with one attached hydrogen (secondary N) is 1. The van der Waals surface area contributed by atoms with Gasteiger partial charge in [-0.15, -0.1) is 11.8 Å². The molecule has 0 radical (unpaired) electrons. The lowest BCUT2D eigenvalue weighted by Gasteiger charge is -2.10. The highest BCUT2D eigenvalue weighted by Gasteiger charge is 2.10. The number of para-hydroxylation sites is 1. The van der Waals surface area contributed by atoms with Gasteiger partial charge in [0, 0.05) is 22.2 Å². The summed E-state index contributed by atoms with van der Waals surface area (Å²) in [4.78, 5) is 13.3. The Morgan fingerprint density at radius 1 is 1.25 bits per heavy atom. The number of carbonyl (C=O) groups excluding carboxylic acids is 1. The van der Waals surface area contributed by atoms with Crippen LogP contribution >= 0.6 is 11.8 Å². The van der Waals surface area contributed by atoms with Gasteiger partial charge < -0.3 is 15.8 Å². The Bertz CT molecular complexity index is 629. The molecule has 2 rings (SSSR count). The van der Waals surface area contributed by atoms with Crippen molar-refractivity contribution in [3.05, 3.63) is 48.0 Å². The number of nitrogen functional groups attached to an aromatic ring is 1. The summed E-state index contributed by atoms with van der Waals surface area (Å²) in [6.45, 7) is 0. The van der Waals surface area contributed by atoms with Gasteiger partial charge in [0.25, 0.3) is 5.91 Å². The van der Waals surface area contributed by atoms with E-state index < -0.39 is 0 Å². The summed E-state index contributed by atoms with van der Waals surface area (Å²) in [7, 11) is 1.54. The van der Waals surface area contributed by atoms with Gasteiger partial charge >= 0.3 is 0 Å². The molecule has 2 aromatic rings. The molecule has 1 amide bonds. The largest absolute Gasteiger partial charge is 0.497 e. The molecule has 3 N–H and O–H groups in total. The molecule has 0 atom stereocenters. The van der Waals surface area contributed by atoms with E-state index in [0.29, 0.717) is 17.0 Å². The minimum absolute atomic E-state index is 0.211. The van der Waals surface area contributed by atoms with Crippen molar-refractivity contribution in [3.8, 4) is 5.75 Å². The molecule has 104 valence electrons. The number of benzene rings is 2. The molecule has 0 aliphatic rings. The van der Waals surface area contributed by atoms with Crippen LogP contribution < -0.4 is 15.8 Å². The van der Waals surface area contributed by atoms with Crippen LogP contribution in [0.1, 0.15) is 10.4 Å². The zero-order valence-corrected chi connectivity index (χ0v) is 12.2. The number of amides is 1. The lowest BCUT2D eigenvalue weighted by molar-refractivity contribution is 0.102. The SMILES string of the molecule is COc1cc(N)cc(C(=O)Nc2ccccc2SC)c1. The van der Waals surface area contributed by atoms with E-state index in [4.69, 9.17) is 10.5 Å². The van der Waals surface area contributed by atoms with Crippen molar-refractivity contribution in [3.63, 3.8) is 0 Å². The van der Waals surface area contributed by atoms with E-state index in [1.807, 2.05) is 30.5 Å². The molecule has 5 heteroatoms. The van der Waals surface area contributed by atoms with Gasteiger partial charge in [-0.1, -0.05) is 12.1 Å². The molecule has 0 fully saturated rings. The molecule has 0 bridgehead atoms. The van der Waals surface area contributed by atoms with Crippen LogP contribution in [-0.2, 0) is 0 Å². The van der Waals surface area contributed by atoms with Crippen LogP contribution in [0.2, 0.25) is 0 Å². The molecule has 20 heavy (non-hydrogen) atoms. The molecule has 0 saturated carbocycles. The Morgan fingerprint density at radius 2 is 2.00 bits per heavy atom. The average molecular weight is 288 g/mol. The van der Waals surface area contributed by atoms with Crippen molar-refractivity contribution in [1.29, 1.82) is 0 Å². The van der Waals surface area contributed by atoms with Gasteiger partial charge in [0.1, 0.15) is 5.75 Å². The minimum Gasteiger partial charge on any atom is -0.497 e. The zero-order valence-electron chi connectivity index (χ0n) is 11.3. The quantitative estimate of drug-likeness (QED) is 0.669. The Balaban J connectivity index is 2.26. The van der Waals surface area contributed by atoms with Crippen LogP contribution in [0.4, 0.5) is 11.4 Å². The normalized spacial score (nSPS) is 10.1. The third-order valence-electron chi connectivity index (χ3n) is 2.78. The number of hydrogen-bond acceptors (Lipinski definition) is 4. The van der Waals surface area contributed by atoms with Crippen molar-refractivity contribution in [2.24, 2.45) is 0 Å². The second-order valence-electron chi connectivity index (χ2n) is 4.15. The van der Waals surface area contributed by atoms with Crippen LogP contribution in [0.15, 0.2) is 47.4 Å². The molecular weight excluding hydrogens is 272 g/mol. The third-order valence-corrected chi connectivity index (χ3v) is 3.58. The highest BCUT2D eigenvalue weighted by molar-refractivity contribution is 7.98. The minimum atomic E-state index is -0.211. The summed E-state index contributed by atoms with van der Waals surface area (Å²) in [5.74, 6) is 0.352. The van der Waals surface area contributed by atoms with Gasteiger partial charge in [0.05, 0.1) is 12.8 Å². The summed E-state index contributed by atoms with van der Waals surface area (Å²) in [6, 6.07) is 12.6. The number of thioether (sulfide) groups is 1. The first-order valence-corrected chi connectivity index (χ1v) is 7.25. The molecule has 4 nitrogen and oxygen atoms in total. The number of anilines is 2. The molecule has 0 heterocycles. The molecular formula is C15H16N2O2S. The first kappa shape index (κ1) is 14.3. The average Bonchev–Trinajstić information content (AvgIpc) is 2.47. The summed E-state index contributed by atoms with van der Waals surface area (Å²) < 4.78 is 5.12. The van der Waals surface area contributed by atoms with E-state index in [1.54, 1.807) is 37.1 Å². The lowest BCUT2D eigenvalue weighted by atomic mass is 10.1. The van der Waals surface area contributed by atoms with Gasteiger partial charge in [0.15, 0.2) is 0 Å². The van der Waals surface area contributed by atoms with E-state index in [2.05, 4.69) is 5.32 Å². The van der Waals surface area contributed by atoms with Crippen LogP contribution in [0.25, 0.3) is 0 Å². The van der Waals surface area contributed by atoms with Crippen LogP contribution in [0.5, 0.6) is 5.75 Å². The third kappa shape index (κ3) is 3.24. The maximum absolute atomic E-state index is 12.3. The molecule has 0 aliphatic carbocycles. The van der Waals surface area contributed by atoms with Gasteiger partial charge in [-0.05, 0) is 30.5 Å². The Morgan fingerprint density at radius 3 is 2.70 bits per heavy atom. The maximum Gasteiger partial charge on any atom is 0.255 e. The fourth-order valence-corrected chi connectivity index (χ4v) is 2.37. The maximum atomic E-state index is 12.3. The number of nitrogens with two attached hydrogens (primary N) is 1. The molecule has 0 aromatic heterocycles. The van der Waals surface area contributed by atoms with Crippen LogP contribution in [0, 0.1) is 0 Å². The topological polar surface area (TPSA) is 64.3 Å². The van der Waals surface area contributed by atoms with Crippen molar-refractivity contribution in [1.82, 2.24) is 0 Å². The van der Waals surface area contributed by atoms with Crippen molar-refractivity contribution in [2.45, 2.75) is 4.90 Å². The number of hydrogen-bond donors (Lipinski definition) is 2. The zero-order chi connectivity index (χ0) is 14.5. The molecule has 0 saturated heterocycles. The molecule has 0 aliphatic heterocycles. The van der Waals surface area contributed by atoms with E-state index in [9.17, 15) is 4.79 Å². The number of methoxy groups -OCH3 is 1. The van der Waals surface area contributed by atoms with Gasteiger partial charge in [-0.2, -0.15) is 0 Å². The van der Waals surface area contributed by atoms with Crippen LogP contribution in [0.3, 0.4) is 0 Å². The molecule has 2 aromatic carbocycles. The first-order chi connectivity index (χ1) is 9.63. The highest BCUT2D eigenvalue weighted by atomic mass is 32.2. The smallest absolute Gasteiger partial charge is 0.255 e. The molecule has 0 unspecified atom stereocenters. The van der Waals surface area contributed by atoms with E-state index >= 15 is 0 Å². The number of rotatable bonds is 4. The van der Waals surface area contributed by atoms with Gasteiger partial charge in [0.2, 0.25) is 0 Å². The van der Waals surface area contributed by atoms with Gasteiger partial charge in [-0.25, -0.2) is 0 Å². The lowest BCUT2D eigenvalue weighted by Crippen LogP contribution is -2.13. The number of ether oxygens (including phenoxy) is 1. The van der Waals surface area contributed by atoms with E-state index in [-0.39, 0.29) is 5.91 Å². The van der Waals surface area contributed by atoms with Crippen LogP contribution in [-0.4, -0.2) is 19.3 Å². The number of carbonyl (C=O) groups is 1. The summed E-state index contributed by atoms with van der Waals surface area (Å²) in [6.07, 6.45) is 1.97. The summed E-state index contributed by atoms with van der Waals surface area (Å²) in [5, 5.41) is 2.89. The first-order valence-electron chi connectivity index (χ1n) is 6.03. The van der Waals surface area contributed by atoms with E-state index in [0.717, 1.165) is 10.6 Å². The Kier molecular flexibility index (Phi) is 4.53. The van der Waals surface area contributed by atoms with Crippen molar-refractivity contribution in [2.75, 3.05) is 24.4 Å². The monoisotopic (exact) mass is 288 g/mol. The summed E-state index contributed by atoms with van der Waals surface area (Å²) in [5.41, 5.74) is 7.51. The Hall–Kier alpha value is -2.14. The fraction of sp³-hybridized carbons (Fsp3) is 0.133. The predicted molar refractivity (Wildman–Crippen MR) is 83.6 cm³/mol.